The van der Waals surface area contributed by atoms with Gasteiger partial charge in [0.1, 0.15) is 12.3 Å². The summed E-state index contributed by atoms with van der Waals surface area (Å²) in [6, 6.07) is 2.89. The Labute approximate surface area is 148 Å². The van der Waals surface area contributed by atoms with Crippen molar-refractivity contribution in [1.29, 1.82) is 0 Å². The molecule has 10 heteroatoms. The molecule has 2 rings (SSSR count). The van der Waals surface area contributed by atoms with Crippen LogP contribution in [0, 0.1) is 11.8 Å². The van der Waals surface area contributed by atoms with Crippen LogP contribution in [0.3, 0.4) is 0 Å². The molecule has 1 fully saturated rings. The fourth-order valence-corrected chi connectivity index (χ4v) is 2.77. The van der Waals surface area contributed by atoms with Gasteiger partial charge in [0.15, 0.2) is 0 Å². The molecule has 2 N–H and O–H groups in total. The van der Waals surface area contributed by atoms with Crippen LogP contribution >= 0.6 is 0 Å². The van der Waals surface area contributed by atoms with Crippen molar-refractivity contribution < 1.29 is 32.6 Å². The summed E-state index contributed by atoms with van der Waals surface area (Å²) in [7, 11) is 0. The number of piperidine rings is 1. The number of aromatic nitrogens is 1. The van der Waals surface area contributed by atoms with Crippen molar-refractivity contribution in [2.24, 2.45) is 11.8 Å². The molecule has 0 aliphatic carbocycles. The maximum Gasteiger partial charge on any atom is 0.433 e. The summed E-state index contributed by atoms with van der Waals surface area (Å²) in [5.41, 5.74) is -1.05. The van der Waals surface area contributed by atoms with Crippen LogP contribution < -0.4 is 10.1 Å². The van der Waals surface area contributed by atoms with Crippen LogP contribution in [0.1, 0.15) is 19.0 Å². The number of pyridine rings is 1. The number of hydrogen-bond acceptors (Lipinski definition) is 4. The number of halogens is 3. The minimum atomic E-state index is -4.56. The first-order chi connectivity index (χ1) is 12.2. The maximum absolute atomic E-state index is 12.6. The molecule has 7 nitrogen and oxygen atoms in total. The van der Waals surface area contributed by atoms with Crippen LogP contribution in [0.4, 0.5) is 18.0 Å². The third-order valence-corrected chi connectivity index (χ3v) is 3.94. The molecular weight excluding hydrogens is 355 g/mol. The first-order valence-electron chi connectivity index (χ1n) is 8.09. The fourth-order valence-electron chi connectivity index (χ4n) is 2.77. The molecule has 0 spiro atoms. The van der Waals surface area contributed by atoms with Crippen LogP contribution in [-0.4, -0.2) is 53.2 Å². The highest BCUT2D eigenvalue weighted by Crippen LogP contribution is 2.28. The molecule has 0 radical (unpaired) electrons. The Morgan fingerprint density at radius 2 is 2.12 bits per heavy atom. The third kappa shape index (κ3) is 5.50. The Kier molecular flexibility index (Phi) is 6.27. The Bertz CT molecular complexity index is 654. The molecule has 1 aromatic heterocycles. The van der Waals surface area contributed by atoms with Gasteiger partial charge in [-0.25, -0.2) is 9.78 Å². The van der Waals surface area contributed by atoms with Gasteiger partial charge < -0.3 is 20.1 Å². The van der Waals surface area contributed by atoms with Gasteiger partial charge in [0, 0.05) is 19.2 Å². The van der Waals surface area contributed by atoms with Gasteiger partial charge in [-0.2, -0.15) is 13.2 Å². The monoisotopic (exact) mass is 375 g/mol. The number of carboxylic acid groups (broad SMARTS) is 1. The van der Waals surface area contributed by atoms with Crippen LogP contribution in [-0.2, 0) is 11.0 Å². The molecule has 2 atom stereocenters. The molecule has 0 aromatic carbocycles. The van der Waals surface area contributed by atoms with E-state index in [1.165, 1.54) is 17.0 Å². The van der Waals surface area contributed by atoms with E-state index < -0.39 is 29.8 Å². The highest BCUT2D eigenvalue weighted by atomic mass is 19.4. The second-order valence-corrected chi connectivity index (χ2v) is 6.22. The molecule has 1 aliphatic heterocycles. The lowest BCUT2D eigenvalue weighted by atomic mass is 9.91. The van der Waals surface area contributed by atoms with Crippen molar-refractivity contribution in [2.75, 3.05) is 26.2 Å². The van der Waals surface area contributed by atoms with Gasteiger partial charge in [-0.05, 0) is 18.4 Å². The summed E-state index contributed by atoms with van der Waals surface area (Å²) in [6.45, 7) is 2.44. The molecule has 2 unspecified atom stereocenters. The molecule has 2 heterocycles. The zero-order valence-electron chi connectivity index (χ0n) is 14.1. The lowest BCUT2D eigenvalue weighted by Crippen LogP contribution is -2.50. The van der Waals surface area contributed by atoms with Crippen molar-refractivity contribution >= 4 is 12.0 Å². The second kappa shape index (κ2) is 8.24. The number of carbonyl (C=O) groups is 2. The van der Waals surface area contributed by atoms with E-state index in [0.29, 0.717) is 13.0 Å². The van der Waals surface area contributed by atoms with E-state index in [2.05, 4.69) is 10.3 Å². The van der Waals surface area contributed by atoms with E-state index in [9.17, 15) is 22.8 Å². The fraction of sp³-hybridized carbons (Fsp3) is 0.562. The third-order valence-electron chi connectivity index (χ3n) is 3.94. The normalized spacial score (nSPS) is 20.5. The largest absolute Gasteiger partial charge is 0.481 e. The van der Waals surface area contributed by atoms with E-state index in [4.69, 9.17) is 9.84 Å². The molecule has 26 heavy (non-hydrogen) atoms. The highest BCUT2D eigenvalue weighted by molar-refractivity contribution is 5.76. The number of urea groups is 1. The number of alkyl halides is 3. The van der Waals surface area contributed by atoms with Crippen molar-refractivity contribution in [3.63, 3.8) is 0 Å². The summed E-state index contributed by atoms with van der Waals surface area (Å²) in [5, 5.41) is 11.7. The number of amides is 2. The second-order valence-electron chi connectivity index (χ2n) is 6.22. The molecule has 0 saturated carbocycles. The Morgan fingerprint density at radius 3 is 2.77 bits per heavy atom. The summed E-state index contributed by atoms with van der Waals surface area (Å²) < 4.78 is 42.8. The van der Waals surface area contributed by atoms with Gasteiger partial charge in [0.2, 0.25) is 5.88 Å². The number of hydrogen-bond donors (Lipinski definition) is 2. The lowest BCUT2D eigenvalue weighted by Gasteiger charge is -2.34. The Morgan fingerprint density at radius 1 is 1.38 bits per heavy atom. The lowest BCUT2D eigenvalue weighted by molar-refractivity contribution is -0.144. The number of ether oxygens (including phenoxy) is 1. The van der Waals surface area contributed by atoms with E-state index in [0.717, 1.165) is 6.07 Å². The zero-order chi connectivity index (χ0) is 19.3. The summed E-state index contributed by atoms with van der Waals surface area (Å²) in [6.07, 6.45) is -4.04. The number of nitrogens with zero attached hydrogens (tertiary/aromatic N) is 2. The van der Waals surface area contributed by atoms with Crippen molar-refractivity contribution in [3.05, 3.63) is 23.9 Å². The predicted octanol–water partition coefficient (Wildman–Crippen LogP) is 2.23. The first kappa shape index (κ1) is 19.8. The number of aliphatic carboxylic acids is 1. The van der Waals surface area contributed by atoms with Gasteiger partial charge in [0.25, 0.3) is 0 Å². The number of nitrogens with one attached hydrogen (secondary N) is 1. The highest BCUT2D eigenvalue weighted by Gasteiger charge is 2.33. The van der Waals surface area contributed by atoms with E-state index in [1.807, 2.05) is 6.92 Å². The molecule has 1 saturated heterocycles. The standard InChI is InChI=1S/C16H20F3N3O4/c1-10-7-11(14(23)24)9-22(8-10)15(25)20-5-6-26-13-4-2-3-12(21-13)16(17,18)19/h2-4,10-11H,5-9H2,1H3,(H,20,25)(H,23,24). The van der Waals surface area contributed by atoms with Crippen LogP contribution in [0.15, 0.2) is 18.2 Å². The minimum absolute atomic E-state index is 0.0549. The van der Waals surface area contributed by atoms with Crippen molar-refractivity contribution in [1.82, 2.24) is 15.2 Å². The van der Waals surface area contributed by atoms with Gasteiger partial charge in [0.05, 0.1) is 12.5 Å². The van der Waals surface area contributed by atoms with Gasteiger partial charge in [-0.3, -0.25) is 4.79 Å². The number of carbonyl (C=O) groups excluding carboxylic acids is 1. The van der Waals surface area contributed by atoms with E-state index in [-0.39, 0.29) is 31.5 Å². The smallest absolute Gasteiger partial charge is 0.433 e. The molecule has 144 valence electrons. The van der Waals surface area contributed by atoms with E-state index in [1.54, 1.807) is 0 Å². The molecule has 1 aliphatic rings. The summed E-state index contributed by atoms with van der Waals surface area (Å²) in [4.78, 5) is 28.0. The van der Waals surface area contributed by atoms with Gasteiger partial charge in [-0.1, -0.05) is 13.0 Å². The average Bonchev–Trinajstić information content (AvgIpc) is 2.57. The minimum Gasteiger partial charge on any atom is -0.481 e. The molecule has 2 amide bonds. The van der Waals surface area contributed by atoms with Gasteiger partial charge in [-0.15, -0.1) is 0 Å². The Hall–Kier alpha value is -2.52. The van der Waals surface area contributed by atoms with E-state index >= 15 is 0 Å². The average molecular weight is 375 g/mol. The van der Waals surface area contributed by atoms with Crippen LogP contribution in [0.2, 0.25) is 0 Å². The molecule has 1 aromatic rings. The number of rotatable bonds is 5. The molecule has 0 bridgehead atoms. The van der Waals surface area contributed by atoms with Gasteiger partial charge >= 0.3 is 18.2 Å². The topological polar surface area (TPSA) is 91.8 Å². The number of likely N-dealkylation sites (tertiary alicyclic amines) is 1. The maximum atomic E-state index is 12.6. The number of carboxylic acids is 1. The van der Waals surface area contributed by atoms with Crippen molar-refractivity contribution in [2.45, 2.75) is 19.5 Å². The first-order valence-corrected chi connectivity index (χ1v) is 8.09. The summed E-state index contributed by atoms with van der Waals surface area (Å²) in [5.74, 6) is -1.66. The van der Waals surface area contributed by atoms with Crippen LogP contribution in [0.25, 0.3) is 0 Å². The van der Waals surface area contributed by atoms with Crippen molar-refractivity contribution in [3.8, 4) is 5.88 Å². The quantitative estimate of drug-likeness (QED) is 0.770. The predicted molar refractivity (Wildman–Crippen MR) is 84.6 cm³/mol. The Balaban J connectivity index is 1.79. The SMILES string of the molecule is CC1CC(C(=O)O)CN(C(=O)NCCOc2cccc(C(F)(F)F)n2)C1. The summed E-state index contributed by atoms with van der Waals surface area (Å²) >= 11 is 0. The zero-order valence-corrected chi connectivity index (χ0v) is 14.1. The molecular formula is C16H20F3N3O4. The van der Waals surface area contributed by atoms with Crippen LogP contribution in [0.5, 0.6) is 5.88 Å².